The van der Waals surface area contributed by atoms with Crippen LogP contribution in [0.4, 0.5) is 0 Å². The van der Waals surface area contributed by atoms with Crippen molar-refractivity contribution < 1.29 is 14.2 Å². The predicted octanol–water partition coefficient (Wildman–Crippen LogP) is 6.30. The van der Waals surface area contributed by atoms with Gasteiger partial charge in [0.05, 0.1) is 0 Å². The summed E-state index contributed by atoms with van der Waals surface area (Å²) < 4.78 is 13.8. The molecule has 0 amide bonds. The van der Waals surface area contributed by atoms with E-state index < -0.39 is 7.80 Å². The van der Waals surface area contributed by atoms with Crippen LogP contribution in [0.1, 0.15) is 73.5 Å². The molecule has 166 valence electrons. The van der Waals surface area contributed by atoms with Crippen LogP contribution in [0.2, 0.25) is 0 Å². The van der Waals surface area contributed by atoms with Crippen molar-refractivity contribution in [3.05, 3.63) is 98.6 Å². The molecule has 3 nitrogen and oxygen atoms in total. The molecule has 0 aromatic heterocycles. The molecule has 3 aromatic carbocycles. The Hall–Kier alpha value is -2.77. The number of carbonyl (C=O) groups excluding carboxylic acids is 2. The number of hydrogen-bond acceptors (Lipinski definition) is 3. The predicted molar refractivity (Wildman–Crippen MR) is 133 cm³/mol. The summed E-state index contributed by atoms with van der Waals surface area (Å²) in [5, 5.41) is 0.573. The van der Waals surface area contributed by atoms with Crippen molar-refractivity contribution in [2.45, 2.75) is 54.4 Å². The Balaban J connectivity index is 2.19. The van der Waals surface area contributed by atoms with Crippen molar-refractivity contribution in [2.24, 2.45) is 0 Å². The van der Waals surface area contributed by atoms with Gasteiger partial charge in [-0.2, -0.15) is 0 Å². The fourth-order valence-corrected chi connectivity index (χ4v) is 6.44. The van der Waals surface area contributed by atoms with Crippen molar-refractivity contribution in [1.29, 1.82) is 0 Å². The van der Waals surface area contributed by atoms with Crippen LogP contribution in [-0.4, -0.2) is 11.3 Å². The molecule has 0 fully saturated rings. The Morgan fingerprint density at radius 2 is 1.47 bits per heavy atom. The second-order valence-corrected chi connectivity index (χ2v) is 9.93. The number of aryl methyl sites for hydroxylation is 3. The molecule has 3 rings (SSSR count). The van der Waals surface area contributed by atoms with Crippen LogP contribution in [0.15, 0.2) is 48.5 Å². The van der Waals surface area contributed by atoms with E-state index >= 15 is 0 Å². The fourth-order valence-electron chi connectivity index (χ4n) is 4.46. The van der Waals surface area contributed by atoms with Crippen LogP contribution < -0.4 is 5.30 Å². The highest BCUT2D eigenvalue weighted by Gasteiger charge is 2.27. The number of rotatable bonds is 7. The van der Waals surface area contributed by atoms with E-state index in [1.54, 1.807) is 12.1 Å². The summed E-state index contributed by atoms with van der Waals surface area (Å²) in [7, 11) is -2.83. The Bertz CT molecular complexity index is 1220. The minimum Gasteiger partial charge on any atom is -0.313 e. The van der Waals surface area contributed by atoms with Gasteiger partial charge in [0.25, 0.3) is 0 Å². The third-order valence-corrected chi connectivity index (χ3v) is 8.17. The van der Waals surface area contributed by atoms with Gasteiger partial charge in [0.1, 0.15) is 0 Å². The average Bonchev–Trinajstić information content (AvgIpc) is 2.81. The molecule has 0 saturated heterocycles. The summed E-state index contributed by atoms with van der Waals surface area (Å²) in [5.74, 6) is -0.104. The lowest BCUT2D eigenvalue weighted by Gasteiger charge is -2.19. The number of benzene rings is 3. The van der Waals surface area contributed by atoms with Crippen molar-refractivity contribution in [1.82, 2.24) is 0 Å². The van der Waals surface area contributed by atoms with Crippen LogP contribution >= 0.6 is 7.80 Å². The first-order chi connectivity index (χ1) is 15.2. The molecule has 0 aliphatic heterocycles. The molecule has 0 bridgehead atoms. The van der Waals surface area contributed by atoms with Gasteiger partial charge in [0.15, 0.2) is 13.6 Å². The van der Waals surface area contributed by atoms with Gasteiger partial charge in [-0.15, -0.1) is 0 Å². The summed E-state index contributed by atoms with van der Waals surface area (Å²) in [5.41, 5.74) is 6.87. The number of ketones is 1. The quantitative estimate of drug-likeness (QED) is 0.316. The molecule has 0 aliphatic carbocycles. The van der Waals surface area contributed by atoms with Gasteiger partial charge in [0, 0.05) is 22.0 Å². The topological polar surface area (TPSA) is 51.2 Å². The minimum atomic E-state index is -2.83. The Morgan fingerprint density at radius 1 is 0.812 bits per heavy atom. The second-order valence-electron chi connectivity index (χ2n) is 8.32. The highest BCUT2D eigenvalue weighted by atomic mass is 31.1. The monoisotopic (exact) mass is 446 g/mol. The van der Waals surface area contributed by atoms with Crippen LogP contribution in [0.25, 0.3) is 0 Å². The molecule has 32 heavy (non-hydrogen) atoms. The van der Waals surface area contributed by atoms with Crippen molar-refractivity contribution in [2.75, 3.05) is 0 Å². The van der Waals surface area contributed by atoms with Crippen LogP contribution in [0, 0.1) is 27.7 Å². The molecule has 0 radical (unpaired) electrons. The zero-order chi connectivity index (χ0) is 23.6. The van der Waals surface area contributed by atoms with E-state index in [1.807, 2.05) is 77.9 Å². The molecule has 1 unspecified atom stereocenters. The molecule has 0 saturated carbocycles. The first-order valence-corrected chi connectivity index (χ1v) is 12.5. The first kappa shape index (κ1) is 23.9. The summed E-state index contributed by atoms with van der Waals surface area (Å²) in [4.78, 5) is 26.8. The second kappa shape index (κ2) is 9.79. The van der Waals surface area contributed by atoms with Crippen LogP contribution in [0.3, 0.4) is 0 Å². The third-order valence-electron chi connectivity index (χ3n) is 6.43. The lowest BCUT2D eigenvalue weighted by atomic mass is 9.94. The molecule has 1 atom stereocenters. The Morgan fingerprint density at radius 3 is 2.06 bits per heavy atom. The van der Waals surface area contributed by atoms with Crippen molar-refractivity contribution in [3.8, 4) is 0 Å². The summed E-state index contributed by atoms with van der Waals surface area (Å²) in [6, 6.07) is 14.8. The first-order valence-electron chi connectivity index (χ1n) is 11.1. The average molecular weight is 447 g/mol. The summed E-state index contributed by atoms with van der Waals surface area (Å²) in [6.45, 7) is 11.8. The maximum atomic E-state index is 13.8. The maximum absolute atomic E-state index is 13.8. The molecule has 0 spiro atoms. The zero-order valence-corrected chi connectivity index (χ0v) is 20.8. The summed E-state index contributed by atoms with van der Waals surface area (Å²) in [6.07, 6.45) is 1.18. The Kier molecular flexibility index (Phi) is 7.31. The van der Waals surface area contributed by atoms with Gasteiger partial charge in [-0.05, 0) is 73.9 Å². The van der Waals surface area contributed by atoms with Crippen molar-refractivity contribution in [3.63, 3.8) is 0 Å². The van der Waals surface area contributed by atoms with E-state index in [4.69, 9.17) is 0 Å². The van der Waals surface area contributed by atoms with E-state index in [9.17, 15) is 14.2 Å². The largest absolute Gasteiger partial charge is 0.313 e. The smallest absolute Gasteiger partial charge is 0.223 e. The lowest BCUT2D eigenvalue weighted by molar-refractivity contribution is 0.103. The Labute approximate surface area is 191 Å². The molecule has 0 N–H and O–H groups in total. The highest BCUT2D eigenvalue weighted by molar-refractivity contribution is 7.71. The number of carbonyl (C=O) groups is 2. The molecule has 0 heterocycles. The van der Waals surface area contributed by atoms with Crippen molar-refractivity contribution >= 4 is 24.4 Å². The standard InChI is InChI=1S/C28H31O3P/c1-7-21-14-15-24(26(29)22-12-10-9-11-13-22)23(8-2)27(21)32(31)28(30)25-18(4)16-17(3)19(5)20(25)6/h9-16,32H,7-8H2,1-6H3. The molecule has 0 aliphatic rings. The SMILES string of the molecule is CCc1ccc(C(=O)c2ccccc2)c(CC)c1[PH](=O)C(=O)c1c(C)cc(C)c(C)c1C. The zero-order valence-electron chi connectivity index (χ0n) is 19.8. The summed E-state index contributed by atoms with van der Waals surface area (Å²) >= 11 is 0. The van der Waals surface area contributed by atoms with E-state index in [0.717, 1.165) is 33.4 Å². The van der Waals surface area contributed by atoms with Gasteiger partial charge in [-0.1, -0.05) is 62.4 Å². The van der Waals surface area contributed by atoms with E-state index in [0.29, 0.717) is 34.8 Å². The van der Waals surface area contributed by atoms with Gasteiger partial charge < -0.3 is 4.57 Å². The van der Waals surface area contributed by atoms with Gasteiger partial charge in [0.2, 0.25) is 5.52 Å². The minimum absolute atomic E-state index is 0.104. The molecular weight excluding hydrogens is 415 g/mol. The van der Waals surface area contributed by atoms with Crippen LogP contribution in [-0.2, 0) is 17.4 Å². The molecular formula is C28H31O3P. The van der Waals surface area contributed by atoms with Gasteiger partial charge in [-0.3, -0.25) is 9.59 Å². The maximum Gasteiger partial charge on any atom is 0.223 e. The molecule has 4 heteroatoms. The van der Waals surface area contributed by atoms with Crippen LogP contribution in [0.5, 0.6) is 0 Å². The fraction of sp³-hybridized carbons (Fsp3) is 0.286. The van der Waals surface area contributed by atoms with E-state index in [-0.39, 0.29) is 11.3 Å². The van der Waals surface area contributed by atoms with Gasteiger partial charge in [-0.25, -0.2) is 0 Å². The van der Waals surface area contributed by atoms with Gasteiger partial charge >= 0.3 is 0 Å². The van der Waals surface area contributed by atoms with E-state index in [1.165, 1.54) is 0 Å². The number of hydrogen-bond donors (Lipinski definition) is 0. The normalized spacial score (nSPS) is 11.9. The highest BCUT2D eigenvalue weighted by Crippen LogP contribution is 2.35. The lowest BCUT2D eigenvalue weighted by Crippen LogP contribution is -2.20. The third kappa shape index (κ3) is 4.27. The van der Waals surface area contributed by atoms with E-state index in [2.05, 4.69) is 0 Å². The molecule has 3 aromatic rings.